The van der Waals surface area contributed by atoms with Gasteiger partial charge < -0.3 is 30.3 Å². The highest BCUT2D eigenvalue weighted by atomic mass is 16.5. The van der Waals surface area contributed by atoms with Crippen molar-refractivity contribution in [2.24, 2.45) is 0 Å². The molecular weight excluding hydrogens is 416 g/mol. The predicted octanol–water partition coefficient (Wildman–Crippen LogP) is 2.41. The van der Waals surface area contributed by atoms with Crippen LogP contribution in [0.5, 0.6) is 0 Å². The third-order valence-electron chi connectivity index (χ3n) is 5.69. The number of esters is 1. The van der Waals surface area contributed by atoms with Gasteiger partial charge >= 0.3 is 5.97 Å². The van der Waals surface area contributed by atoms with E-state index in [1.165, 1.54) is 64.2 Å². The van der Waals surface area contributed by atoms with Crippen LogP contribution in [0.25, 0.3) is 0 Å². The number of aliphatic hydroxyl groups excluding tert-OH is 5. The lowest BCUT2D eigenvalue weighted by Gasteiger charge is -2.20. The second-order valence-electron chi connectivity index (χ2n) is 8.66. The smallest absolute Gasteiger partial charge is 0.335 e. The van der Waals surface area contributed by atoms with Crippen LogP contribution in [0.3, 0.4) is 0 Å². The number of Topliss-reactive ketones (excluding diaryl/α,β-unsaturated/α-hetero) is 1. The predicted molar refractivity (Wildman–Crippen MR) is 122 cm³/mol. The molecule has 4 atom stereocenters. The van der Waals surface area contributed by atoms with Gasteiger partial charge in [0.15, 0.2) is 12.7 Å². The average molecular weight is 463 g/mol. The molecule has 0 bridgehead atoms. The molecule has 190 valence electrons. The summed E-state index contributed by atoms with van der Waals surface area (Å²) in [5.74, 6) is -1.99. The lowest BCUT2D eigenvalue weighted by molar-refractivity contribution is -0.161. The van der Waals surface area contributed by atoms with E-state index in [1.54, 1.807) is 0 Å². The average Bonchev–Trinajstić information content (AvgIpc) is 2.80. The second kappa shape index (κ2) is 20.5. The zero-order valence-corrected chi connectivity index (χ0v) is 19.8. The van der Waals surface area contributed by atoms with E-state index in [-0.39, 0.29) is 6.42 Å². The number of unbranched alkanes of at least 4 members (excludes halogenated alkanes) is 13. The maximum absolute atomic E-state index is 11.7. The van der Waals surface area contributed by atoms with Crippen molar-refractivity contribution in [2.45, 2.75) is 128 Å². The molecule has 0 radical (unpaired) electrons. The molecule has 32 heavy (non-hydrogen) atoms. The molecule has 0 heterocycles. The minimum Gasteiger partial charge on any atom is -0.456 e. The molecule has 0 rings (SSSR count). The van der Waals surface area contributed by atoms with Gasteiger partial charge in [0.2, 0.25) is 5.78 Å². The Morgan fingerprint density at radius 1 is 0.719 bits per heavy atom. The van der Waals surface area contributed by atoms with Crippen molar-refractivity contribution in [3.05, 3.63) is 0 Å². The molecule has 0 aromatic rings. The van der Waals surface area contributed by atoms with Gasteiger partial charge in [-0.1, -0.05) is 96.8 Å². The van der Waals surface area contributed by atoms with Crippen LogP contribution in [0.1, 0.15) is 103 Å². The summed E-state index contributed by atoms with van der Waals surface area (Å²) in [6, 6.07) is 0. The van der Waals surface area contributed by atoms with E-state index in [0.717, 1.165) is 19.3 Å². The maximum Gasteiger partial charge on any atom is 0.335 e. The molecule has 0 saturated carbocycles. The summed E-state index contributed by atoms with van der Waals surface area (Å²) in [5.41, 5.74) is 0. The third kappa shape index (κ3) is 15.7. The Hall–Kier alpha value is -1.06. The van der Waals surface area contributed by atoms with Gasteiger partial charge in [0.05, 0.1) is 6.61 Å². The molecule has 0 fully saturated rings. The fourth-order valence-electron chi connectivity index (χ4n) is 3.48. The van der Waals surface area contributed by atoms with Crippen LogP contribution in [0.15, 0.2) is 0 Å². The van der Waals surface area contributed by atoms with Gasteiger partial charge in [-0.05, 0) is 6.42 Å². The summed E-state index contributed by atoms with van der Waals surface area (Å²) >= 11 is 0. The molecule has 0 aliphatic carbocycles. The lowest BCUT2D eigenvalue weighted by Crippen LogP contribution is -2.45. The van der Waals surface area contributed by atoms with Gasteiger partial charge in [-0.25, -0.2) is 4.79 Å². The fourth-order valence-corrected chi connectivity index (χ4v) is 3.48. The van der Waals surface area contributed by atoms with Crippen molar-refractivity contribution in [1.29, 1.82) is 0 Å². The van der Waals surface area contributed by atoms with Crippen molar-refractivity contribution in [3.8, 4) is 0 Å². The number of rotatable bonds is 22. The normalized spacial score (nSPS) is 15.2. The first kappa shape index (κ1) is 30.9. The van der Waals surface area contributed by atoms with E-state index in [2.05, 4.69) is 11.7 Å². The van der Waals surface area contributed by atoms with Crippen molar-refractivity contribution < 1.29 is 39.9 Å². The van der Waals surface area contributed by atoms with E-state index in [0.29, 0.717) is 6.42 Å². The summed E-state index contributed by atoms with van der Waals surface area (Å²) in [6.07, 6.45) is 10.3. The van der Waals surface area contributed by atoms with Crippen molar-refractivity contribution in [2.75, 3.05) is 13.2 Å². The highest BCUT2D eigenvalue weighted by molar-refractivity contribution is 5.87. The summed E-state index contributed by atoms with van der Waals surface area (Å²) in [5, 5.41) is 46.7. The second-order valence-corrected chi connectivity index (χ2v) is 8.66. The monoisotopic (exact) mass is 462 g/mol. The molecule has 1 unspecified atom stereocenters. The standard InChI is InChI=1S/C24H46O8/c1-2-3-4-5-6-7-8-9-10-11-12-13-14-15-16-19(26)24(31)32-18-21(28)23(30)22(29)20(27)17-25/h19-20,22-23,25-27,29-30H,2-18H2,1H3/t19?,20-,22+,23+/m1/s1. The summed E-state index contributed by atoms with van der Waals surface area (Å²) in [6.45, 7) is 0.576. The van der Waals surface area contributed by atoms with Gasteiger partial charge in [0.1, 0.15) is 18.3 Å². The number of hydrogen-bond acceptors (Lipinski definition) is 8. The first-order valence-electron chi connectivity index (χ1n) is 12.4. The van der Waals surface area contributed by atoms with Crippen LogP contribution >= 0.6 is 0 Å². The van der Waals surface area contributed by atoms with Crippen molar-refractivity contribution in [3.63, 3.8) is 0 Å². The minimum absolute atomic E-state index is 0.236. The van der Waals surface area contributed by atoms with Gasteiger partial charge in [0, 0.05) is 0 Å². The Labute approximate surface area is 193 Å². The minimum atomic E-state index is -1.99. The Morgan fingerprint density at radius 2 is 1.16 bits per heavy atom. The Kier molecular flexibility index (Phi) is 19.9. The molecule has 0 aliphatic rings. The largest absolute Gasteiger partial charge is 0.456 e. The van der Waals surface area contributed by atoms with E-state index < -0.39 is 49.4 Å². The van der Waals surface area contributed by atoms with E-state index >= 15 is 0 Å². The number of carbonyl (C=O) groups excluding carboxylic acids is 2. The van der Waals surface area contributed by atoms with E-state index in [1.807, 2.05) is 0 Å². The van der Waals surface area contributed by atoms with Crippen LogP contribution in [-0.4, -0.2) is 74.9 Å². The topological polar surface area (TPSA) is 145 Å². The number of ketones is 1. The van der Waals surface area contributed by atoms with Crippen LogP contribution in [0, 0.1) is 0 Å². The van der Waals surface area contributed by atoms with Gasteiger partial charge in [-0.15, -0.1) is 0 Å². The molecule has 0 spiro atoms. The van der Waals surface area contributed by atoms with Crippen LogP contribution in [0.4, 0.5) is 0 Å². The van der Waals surface area contributed by atoms with Crippen LogP contribution in [0.2, 0.25) is 0 Å². The van der Waals surface area contributed by atoms with Crippen LogP contribution < -0.4 is 0 Å². The Morgan fingerprint density at radius 3 is 1.59 bits per heavy atom. The first-order chi connectivity index (χ1) is 15.3. The number of hydrogen-bond donors (Lipinski definition) is 5. The Bertz CT molecular complexity index is 471. The zero-order chi connectivity index (χ0) is 24.2. The molecule has 0 aromatic heterocycles. The highest BCUT2D eigenvalue weighted by Crippen LogP contribution is 2.14. The molecule has 0 saturated heterocycles. The molecule has 8 heteroatoms. The zero-order valence-electron chi connectivity index (χ0n) is 19.8. The third-order valence-corrected chi connectivity index (χ3v) is 5.69. The van der Waals surface area contributed by atoms with E-state index in [9.17, 15) is 30.0 Å². The molecule has 8 nitrogen and oxygen atoms in total. The summed E-state index contributed by atoms with van der Waals surface area (Å²) < 4.78 is 4.67. The van der Waals surface area contributed by atoms with Gasteiger partial charge in [-0.2, -0.15) is 0 Å². The van der Waals surface area contributed by atoms with Crippen molar-refractivity contribution >= 4 is 11.8 Å². The number of ether oxygens (including phenoxy) is 1. The quantitative estimate of drug-likeness (QED) is 0.122. The summed E-state index contributed by atoms with van der Waals surface area (Å²) in [7, 11) is 0. The van der Waals surface area contributed by atoms with Crippen molar-refractivity contribution in [1.82, 2.24) is 0 Å². The van der Waals surface area contributed by atoms with E-state index in [4.69, 9.17) is 5.11 Å². The molecule has 0 amide bonds. The molecule has 0 aromatic carbocycles. The highest BCUT2D eigenvalue weighted by Gasteiger charge is 2.30. The Balaban J connectivity index is 3.64. The number of carbonyl (C=O) groups is 2. The number of aliphatic hydroxyl groups is 5. The van der Waals surface area contributed by atoms with Gasteiger partial charge in [-0.3, -0.25) is 4.79 Å². The fraction of sp³-hybridized carbons (Fsp3) is 0.917. The molecular formula is C24H46O8. The lowest BCUT2D eigenvalue weighted by atomic mass is 10.0. The maximum atomic E-state index is 11.7. The van der Waals surface area contributed by atoms with Crippen LogP contribution in [-0.2, 0) is 14.3 Å². The first-order valence-corrected chi connectivity index (χ1v) is 12.4. The molecule has 0 aliphatic heterocycles. The SMILES string of the molecule is CCCCCCCCCCCCCCCCC(O)C(=O)OCC(=O)[C@H](O)[C@@H](O)[C@H](O)CO. The molecule has 5 N–H and O–H groups in total. The van der Waals surface area contributed by atoms with Gasteiger partial charge in [0.25, 0.3) is 0 Å². The summed E-state index contributed by atoms with van der Waals surface area (Å²) in [4.78, 5) is 23.4.